The van der Waals surface area contributed by atoms with Crippen LogP contribution in [0.25, 0.3) is 27.5 Å². The van der Waals surface area contributed by atoms with Crippen molar-refractivity contribution in [1.82, 2.24) is 24.8 Å². The molecule has 0 spiro atoms. The van der Waals surface area contributed by atoms with Gasteiger partial charge in [-0.2, -0.15) is 10.4 Å². The van der Waals surface area contributed by atoms with Gasteiger partial charge in [-0.1, -0.05) is 11.3 Å². The standard InChI is InChI=1S/C23H21N7O2S/c1-25-18-9-19(20-7-6-16-8-13(10-24)11-27-30(16)20)26-12-17(18)22-29-28-21(33-22)14-2-4-15(5-3-14)23(31)32/h6-9,11-12,14-15H,2-5H2,1H3,(H,25,26)(H,31,32)/t14-,15-. The van der Waals surface area contributed by atoms with Crippen molar-refractivity contribution in [1.29, 1.82) is 5.26 Å². The Morgan fingerprint density at radius 3 is 2.76 bits per heavy atom. The second kappa shape index (κ2) is 8.60. The molecule has 166 valence electrons. The molecule has 10 heteroatoms. The van der Waals surface area contributed by atoms with E-state index >= 15 is 0 Å². The zero-order chi connectivity index (χ0) is 22.9. The number of aromatic nitrogens is 5. The van der Waals surface area contributed by atoms with Gasteiger partial charge in [0.25, 0.3) is 0 Å². The number of carbonyl (C=O) groups is 1. The lowest BCUT2D eigenvalue weighted by Gasteiger charge is -2.23. The maximum Gasteiger partial charge on any atom is 0.306 e. The van der Waals surface area contributed by atoms with E-state index in [1.807, 2.05) is 25.2 Å². The van der Waals surface area contributed by atoms with Crippen LogP contribution in [-0.4, -0.2) is 42.9 Å². The molecular formula is C23H21N7O2S. The van der Waals surface area contributed by atoms with Crippen LogP contribution in [0.2, 0.25) is 0 Å². The van der Waals surface area contributed by atoms with E-state index in [0.29, 0.717) is 18.4 Å². The Morgan fingerprint density at radius 1 is 1.21 bits per heavy atom. The first-order valence-corrected chi connectivity index (χ1v) is 11.5. The van der Waals surface area contributed by atoms with Crippen molar-refractivity contribution in [2.75, 3.05) is 12.4 Å². The van der Waals surface area contributed by atoms with E-state index in [2.05, 4.69) is 31.7 Å². The molecular weight excluding hydrogens is 438 g/mol. The summed E-state index contributed by atoms with van der Waals surface area (Å²) in [7, 11) is 1.85. The predicted molar refractivity (Wildman–Crippen MR) is 124 cm³/mol. The van der Waals surface area contributed by atoms with Crippen LogP contribution in [0.15, 0.2) is 36.7 Å². The average Bonchev–Trinajstić information content (AvgIpc) is 3.51. The fourth-order valence-electron chi connectivity index (χ4n) is 4.32. The van der Waals surface area contributed by atoms with Crippen LogP contribution in [-0.2, 0) is 4.79 Å². The molecule has 4 heterocycles. The molecule has 0 atom stereocenters. The van der Waals surface area contributed by atoms with Gasteiger partial charge in [-0.3, -0.25) is 9.78 Å². The first kappa shape index (κ1) is 21.0. The Labute approximate surface area is 193 Å². The number of pyridine rings is 1. The molecule has 0 saturated heterocycles. The summed E-state index contributed by atoms with van der Waals surface area (Å²) in [4.78, 5) is 15.9. The van der Waals surface area contributed by atoms with E-state index in [1.165, 1.54) is 6.20 Å². The summed E-state index contributed by atoms with van der Waals surface area (Å²) in [5.74, 6) is -0.686. The molecule has 0 radical (unpaired) electrons. The quantitative estimate of drug-likeness (QED) is 0.454. The summed E-state index contributed by atoms with van der Waals surface area (Å²) in [5, 5.41) is 36.5. The van der Waals surface area contributed by atoms with Crippen molar-refractivity contribution in [3.8, 4) is 28.0 Å². The maximum absolute atomic E-state index is 11.2. The topological polar surface area (TPSA) is 129 Å². The number of aliphatic carboxylic acids is 1. The normalized spacial score (nSPS) is 18.2. The molecule has 2 N–H and O–H groups in total. The number of anilines is 1. The molecule has 0 bridgehead atoms. The third kappa shape index (κ3) is 3.91. The second-order valence-electron chi connectivity index (χ2n) is 8.11. The average molecular weight is 460 g/mol. The lowest BCUT2D eigenvalue weighted by Crippen LogP contribution is -2.20. The van der Waals surface area contributed by atoms with Gasteiger partial charge in [0.2, 0.25) is 0 Å². The fraction of sp³-hybridized carbons (Fsp3) is 0.304. The van der Waals surface area contributed by atoms with E-state index in [0.717, 1.165) is 51.0 Å². The molecule has 1 aliphatic carbocycles. The molecule has 5 rings (SSSR count). The van der Waals surface area contributed by atoms with Gasteiger partial charge in [0, 0.05) is 24.8 Å². The van der Waals surface area contributed by atoms with Crippen LogP contribution in [0.3, 0.4) is 0 Å². The molecule has 0 unspecified atom stereocenters. The minimum absolute atomic E-state index is 0.243. The van der Waals surface area contributed by atoms with Gasteiger partial charge < -0.3 is 10.4 Å². The highest BCUT2D eigenvalue weighted by Gasteiger charge is 2.29. The summed E-state index contributed by atoms with van der Waals surface area (Å²) in [6, 6.07) is 9.69. The molecule has 1 fully saturated rings. The predicted octanol–water partition coefficient (Wildman–Crippen LogP) is 4.19. The Hall–Kier alpha value is -3.84. The van der Waals surface area contributed by atoms with E-state index in [-0.39, 0.29) is 11.8 Å². The van der Waals surface area contributed by atoms with Gasteiger partial charge in [0.1, 0.15) is 11.1 Å². The van der Waals surface area contributed by atoms with Crippen LogP contribution in [0.5, 0.6) is 0 Å². The van der Waals surface area contributed by atoms with Gasteiger partial charge in [-0.15, -0.1) is 10.2 Å². The summed E-state index contributed by atoms with van der Waals surface area (Å²) in [5.41, 5.74) is 4.65. The summed E-state index contributed by atoms with van der Waals surface area (Å²) in [6.07, 6.45) is 6.34. The van der Waals surface area contributed by atoms with Crippen LogP contribution in [0.1, 0.15) is 42.2 Å². The fourth-order valence-corrected chi connectivity index (χ4v) is 5.36. The zero-order valence-corrected chi connectivity index (χ0v) is 18.7. The monoisotopic (exact) mass is 459 g/mol. The van der Waals surface area contributed by atoms with E-state index < -0.39 is 5.97 Å². The third-order valence-corrected chi connectivity index (χ3v) is 7.28. The van der Waals surface area contributed by atoms with E-state index in [4.69, 9.17) is 5.26 Å². The molecule has 1 saturated carbocycles. The van der Waals surface area contributed by atoms with Crippen LogP contribution < -0.4 is 5.32 Å². The highest BCUT2D eigenvalue weighted by molar-refractivity contribution is 7.14. The Bertz CT molecular complexity index is 1380. The Kier molecular flexibility index (Phi) is 5.48. The van der Waals surface area contributed by atoms with Crippen molar-refractivity contribution >= 4 is 28.5 Å². The van der Waals surface area contributed by atoms with Crippen LogP contribution in [0.4, 0.5) is 5.69 Å². The molecule has 1 aliphatic rings. The van der Waals surface area contributed by atoms with Gasteiger partial charge in [0.15, 0.2) is 5.01 Å². The summed E-state index contributed by atoms with van der Waals surface area (Å²) in [6.45, 7) is 0. The van der Waals surface area contributed by atoms with Crippen LogP contribution >= 0.6 is 11.3 Å². The lowest BCUT2D eigenvalue weighted by atomic mass is 9.82. The third-order valence-electron chi connectivity index (χ3n) is 6.16. The number of hydrogen-bond donors (Lipinski definition) is 2. The van der Waals surface area contributed by atoms with E-state index in [1.54, 1.807) is 28.1 Å². The Morgan fingerprint density at radius 2 is 2.03 bits per heavy atom. The highest BCUT2D eigenvalue weighted by Crippen LogP contribution is 2.40. The van der Waals surface area contributed by atoms with Crippen molar-refractivity contribution in [3.05, 3.63) is 47.2 Å². The minimum Gasteiger partial charge on any atom is -0.481 e. The number of hydrogen-bond acceptors (Lipinski definition) is 8. The van der Waals surface area contributed by atoms with Gasteiger partial charge in [0.05, 0.1) is 40.1 Å². The minimum atomic E-state index is -0.701. The molecule has 0 aromatic carbocycles. The van der Waals surface area contributed by atoms with Gasteiger partial charge in [-0.25, -0.2) is 4.52 Å². The largest absolute Gasteiger partial charge is 0.481 e. The number of carboxylic acid groups (broad SMARTS) is 1. The number of nitrogens with zero attached hydrogens (tertiary/aromatic N) is 6. The van der Waals surface area contributed by atoms with Gasteiger partial charge in [-0.05, 0) is 49.9 Å². The SMILES string of the molecule is CNc1cc(-c2ccc3cc(C#N)cnn23)ncc1-c1nnc([C@H]2CC[C@H](C(=O)O)CC2)s1. The van der Waals surface area contributed by atoms with Gasteiger partial charge >= 0.3 is 5.97 Å². The molecule has 0 aliphatic heterocycles. The van der Waals surface area contributed by atoms with Crippen LogP contribution in [0, 0.1) is 17.2 Å². The zero-order valence-electron chi connectivity index (χ0n) is 17.9. The highest BCUT2D eigenvalue weighted by atomic mass is 32.1. The van der Waals surface area contributed by atoms with Crippen molar-refractivity contribution in [2.45, 2.75) is 31.6 Å². The number of carboxylic acids is 1. The lowest BCUT2D eigenvalue weighted by molar-refractivity contribution is -0.142. The summed E-state index contributed by atoms with van der Waals surface area (Å²) >= 11 is 1.54. The number of nitriles is 1. The number of rotatable bonds is 5. The molecule has 33 heavy (non-hydrogen) atoms. The van der Waals surface area contributed by atoms with Crippen molar-refractivity contribution in [3.63, 3.8) is 0 Å². The number of nitrogens with one attached hydrogen (secondary N) is 1. The van der Waals surface area contributed by atoms with Crippen molar-refractivity contribution in [2.24, 2.45) is 5.92 Å². The number of fused-ring (bicyclic) bond motifs is 1. The second-order valence-corrected chi connectivity index (χ2v) is 9.12. The first-order valence-electron chi connectivity index (χ1n) is 10.7. The van der Waals surface area contributed by atoms with E-state index in [9.17, 15) is 9.90 Å². The maximum atomic E-state index is 11.2. The van der Waals surface area contributed by atoms with Crippen molar-refractivity contribution < 1.29 is 9.90 Å². The molecule has 4 aromatic rings. The first-order chi connectivity index (χ1) is 16.1. The molecule has 4 aromatic heterocycles. The molecule has 9 nitrogen and oxygen atoms in total. The smallest absolute Gasteiger partial charge is 0.306 e. The molecule has 0 amide bonds. The Balaban J connectivity index is 1.42. The summed E-state index contributed by atoms with van der Waals surface area (Å²) < 4.78 is 1.76.